The molecule has 0 unspecified atom stereocenters. The van der Waals surface area contributed by atoms with Gasteiger partial charge in [0.25, 0.3) is 0 Å². The predicted molar refractivity (Wildman–Crippen MR) is 45.4 cm³/mol. The maximum atomic E-state index is 10.6. The Morgan fingerprint density at radius 3 is 2.50 bits per heavy atom. The van der Waals surface area contributed by atoms with Crippen LogP contribution in [0.4, 0.5) is 0 Å². The maximum Gasteiger partial charge on any atom is 0.180 e. The van der Waals surface area contributed by atoms with Crippen LogP contribution in [0.3, 0.4) is 0 Å². The number of aliphatic hydroxyl groups is 1. The SMILES string of the molecule is [O-][n+]1ccc(CCCCO)cc1. The summed E-state index contributed by atoms with van der Waals surface area (Å²) in [7, 11) is 0. The van der Waals surface area contributed by atoms with E-state index in [0.29, 0.717) is 0 Å². The second-order valence-electron chi connectivity index (χ2n) is 2.75. The van der Waals surface area contributed by atoms with E-state index in [1.54, 1.807) is 0 Å². The molecule has 1 aromatic rings. The van der Waals surface area contributed by atoms with E-state index in [4.69, 9.17) is 5.11 Å². The fourth-order valence-corrected chi connectivity index (χ4v) is 1.05. The van der Waals surface area contributed by atoms with Crippen LogP contribution in [-0.2, 0) is 6.42 Å². The van der Waals surface area contributed by atoms with Crippen LogP contribution >= 0.6 is 0 Å². The number of aromatic nitrogens is 1. The first-order valence-corrected chi connectivity index (χ1v) is 4.11. The Morgan fingerprint density at radius 1 is 1.25 bits per heavy atom. The van der Waals surface area contributed by atoms with Gasteiger partial charge in [-0.25, -0.2) is 0 Å². The van der Waals surface area contributed by atoms with Crippen LogP contribution in [0, 0.1) is 5.21 Å². The molecule has 0 saturated carbocycles. The van der Waals surface area contributed by atoms with Crippen molar-refractivity contribution in [2.24, 2.45) is 0 Å². The summed E-state index contributed by atoms with van der Waals surface area (Å²) in [5, 5.41) is 19.2. The van der Waals surface area contributed by atoms with Gasteiger partial charge >= 0.3 is 0 Å². The number of nitrogens with zero attached hydrogens (tertiary/aromatic N) is 1. The highest BCUT2D eigenvalue weighted by atomic mass is 16.5. The second-order valence-corrected chi connectivity index (χ2v) is 2.75. The van der Waals surface area contributed by atoms with Crippen molar-refractivity contribution in [3.63, 3.8) is 0 Å². The van der Waals surface area contributed by atoms with E-state index in [1.807, 2.05) is 12.1 Å². The topological polar surface area (TPSA) is 47.2 Å². The largest absolute Gasteiger partial charge is 0.619 e. The zero-order valence-corrected chi connectivity index (χ0v) is 6.94. The third-order valence-electron chi connectivity index (χ3n) is 1.74. The maximum absolute atomic E-state index is 10.6. The highest BCUT2D eigenvalue weighted by molar-refractivity contribution is 5.07. The smallest absolute Gasteiger partial charge is 0.180 e. The van der Waals surface area contributed by atoms with Crippen LogP contribution in [0.5, 0.6) is 0 Å². The van der Waals surface area contributed by atoms with Gasteiger partial charge in [-0.05, 0) is 24.8 Å². The van der Waals surface area contributed by atoms with Gasteiger partial charge in [-0.3, -0.25) is 0 Å². The fourth-order valence-electron chi connectivity index (χ4n) is 1.05. The summed E-state index contributed by atoms with van der Waals surface area (Å²) < 4.78 is 0.773. The van der Waals surface area contributed by atoms with Crippen LogP contribution < -0.4 is 4.73 Å². The number of aryl methyl sites for hydroxylation is 1. The number of hydrogen-bond acceptors (Lipinski definition) is 2. The molecule has 3 nitrogen and oxygen atoms in total. The molecule has 0 bridgehead atoms. The van der Waals surface area contributed by atoms with Crippen molar-refractivity contribution in [3.8, 4) is 0 Å². The number of hydrogen-bond donors (Lipinski definition) is 1. The van der Waals surface area contributed by atoms with Gasteiger partial charge in [-0.1, -0.05) is 0 Å². The highest BCUT2D eigenvalue weighted by Crippen LogP contribution is 2.01. The van der Waals surface area contributed by atoms with Crippen LogP contribution in [0.1, 0.15) is 18.4 Å². The lowest BCUT2D eigenvalue weighted by Crippen LogP contribution is -2.23. The summed E-state index contributed by atoms with van der Waals surface area (Å²) in [5.74, 6) is 0. The van der Waals surface area contributed by atoms with Gasteiger partial charge in [0.15, 0.2) is 12.4 Å². The molecular weight excluding hydrogens is 154 g/mol. The lowest BCUT2D eigenvalue weighted by atomic mass is 10.1. The minimum absolute atomic E-state index is 0.244. The predicted octanol–water partition coefficient (Wildman–Crippen LogP) is 0.635. The van der Waals surface area contributed by atoms with E-state index in [1.165, 1.54) is 12.4 Å². The molecule has 1 N–H and O–H groups in total. The van der Waals surface area contributed by atoms with E-state index in [-0.39, 0.29) is 6.61 Å². The average molecular weight is 167 g/mol. The molecule has 0 spiro atoms. The standard InChI is InChI=1S/C9H13NO2/c11-8-2-1-3-9-4-6-10(12)7-5-9/h4-7,11H,1-3,8H2. The molecule has 0 aliphatic heterocycles. The molecule has 0 atom stereocenters. The number of unbranched alkanes of at least 4 members (excludes halogenated alkanes) is 1. The normalized spacial score (nSPS) is 10.1. The van der Waals surface area contributed by atoms with Gasteiger partial charge < -0.3 is 10.3 Å². The van der Waals surface area contributed by atoms with Gasteiger partial charge in [0.05, 0.1) is 0 Å². The van der Waals surface area contributed by atoms with Crippen molar-refractivity contribution in [3.05, 3.63) is 35.3 Å². The van der Waals surface area contributed by atoms with Crippen LogP contribution in [-0.4, -0.2) is 11.7 Å². The molecular formula is C9H13NO2. The Morgan fingerprint density at radius 2 is 1.92 bits per heavy atom. The van der Waals surface area contributed by atoms with E-state index in [9.17, 15) is 5.21 Å². The molecule has 1 aromatic heterocycles. The van der Waals surface area contributed by atoms with Crippen LogP contribution in [0.2, 0.25) is 0 Å². The summed E-state index contributed by atoms with van der Waals surface area (Å²) in [4.78, 5) is 0. The number of pyridine rings is 1. The first-order chi connectivity index (χ1) is 5.83. The molecule has 0 aliphatic carbocycles. The minimum atomic E-state index is 0.244. The summed E-state index contributed by atoms with van der Waals surface area (Å²) >= 11 is 0. The van der Waals surface area contributed by atoms with Gasteiger partial charge in [0, 0.05) is 18.7 Å². The first kappa shape index (κ1) is 9.00. The van der Waals surface area contributed by atoms with Crippen molar-refractivity contribution in [1.29, 1.82) is 0 Å². The summed E-state index contributed by atoms with van der Waals surface area (Å²) in [6.07, 6.45) is 5.72. The average Bonchev–Trinajstić information content (AvgIpc) is 2.09. The van der Waals surface area contributed by atoms with Gasteiger partial charge in [0.2, 0.25) is 0 Å². The quantitative estimate of drug-likeness (QED) is 0.406. The van der Waals surface area contributed by atoms with Gasteiger partial charge in [-0.2, -0.15) is 4.73 Å². The third-order valence-corrected chi connectivity index (χ3v) is 1.74. The Kier molecular flexibility index (Phi) is 3.54. The fraction of sp³-hybridized carbons (Fsp3) is 0.444. The number of rotatable bonds is 4. The Labute approximate surface area is 71.9 Å². The summed E-state index contributed by atoms with van der Waals surface area (Å²) in [5.41, 5.74) is 1.15. The van der Waals surface area contributed by atoms with Crippen molar-refractivity contribution < 1.29 is 9.84 Å². The van der Waals surface area contributed by atoms with Crippen LogP contribution in [0.15, 0.2) is 24.5 Å². The van der Waals surface area contributed by atoms with Crippen LogP contribution in [0.25, 0.3) is 0 Å². The summed E-state index contributed by atoms with van der Waals surface area (Å²) in [6, 6.07) is 3.62. The van der Waals surface area contributed by atoms with Gasteiger partial charge in [-0.15, -0.1) is 0 Å². The zero-order chi connectivity index (χ0) is 8.81. The van der Waals surface area contributed by atoms with E-state index in [2.05, 4.69) is 0 Å². The second kappa shape index (κ2) is 4.72. The molecule has 66 valence electrons. The van der Waals surface area contributed by atoms with E-state index < -0.39 is 0 Å². The third kappa shape index (κ3) is 2.88. The monoisotopic (exact) mass is 167 g/mol. The van der Waals surface area contributed by atoms with Crippen molar-refractivity contribution in [2.75, 3.05) is 6.61 Å². The first-order valence-electron chi connectivity index (χ1n) is 4.11. The molecule has 0 amide bonds. The van der Waals surface area contributed by atoms with Gasteiger partial charge in [0.1, 0.15) is 0 Å². The Hall–Kier alpha value is -1.09. The molecule has 1 heterocycles. The number of aliphatic hydroxyl groups excluding tert-OH is 1. The molecule has 12 heavy (non-hydrogen) atoms. The molecule has 1 rings (SSSR count). The van der Waals surface area contributed by atoms with E-state index in [0.717, 1.165) is 29.6 Å². The lowest BCUT2D eigenvalue weighted by Gasteiger charge is -1.99. The zero-order valence-electron chi connectivity index (χ0n) is 6.94. The molecule has 0 saturated heterocycles. The van der Waals surface area contributed by atoms with Crippen molar-refractivity contribution in [2.45, 2.75) is 19.3 Å². The Balaban J connectivity index is 2.37. The molecule has 0 aliphatic rings. The lowest BCUT2D eigenvalue weighted by molar-refractivity contribution is -0.605. The molecule has 0 aromatic carbocycles. The van der Waals surface area contributed by atoms with Crippen molar-refractivity contribution in [1.82, 2.24) is 0 Å². The van der Waals surface area contributed by atoms with E-state index >= 15 is 0 Å². The highest BCUT2D eigenvalue weighted by Gasteiger charge is 1.94. The summed E-state index contributed by atoms with van der Waals surface area (Å²) in [6.45, 7) is 0.244. The minimum Gasteiger partial charge on any atom is -0.619 e. The molecule has 3 heteroatoms. The molecule has 0 radical (unpaired) electrons. The molecule has 0 fully saturated rings. The van der Waals surface area contributed by atoms with Crippen molar-refractivity contribution >= 4 is 0 Å². The Bertz CT molecular complexity index is 220.